The van der Waals surface area contributed by atoms with Crippen LogP contribution in [0.15, 0.2) is 9.36 Å². The zero-order valence-corrected chi connectivity index (χ0v) is 13.1. The smallest absolute Gasteiger partial charge is 0.346 e. The third kappa shape index (κ3) is 2.65. The van der Waals surface area contributed by atoms with Gasteiger partial charge in [-0.1, -0.05) is 19.0 Å². The third-order valence-corrected chi connectivity index (χ3v) is 5.49. The van der Waals surface area contributed by atoms with E-state index in [1.54, 1.807) is 11.8 Å². The molecule has 1 aromatic heterocycles. The lowest BCUT2D eigenvalue weighted by Crippen LogP contribution is -2.28. The van der Waals surface area contributed by atoms with Crippen LogP contribution in [0.3, 0.4) is 0 Å². The second kappa shape index (κ2) is 5.17. The molecule has 0 saturated heterocycles. The van der Waals surface area contributed by atoms with Crippen LogP contribution in [-0.4, -0.2) is 30.2 Å². The van der Waals surface area contributed by atoms with E-state index in [2.05, 4.69) is 19.0 Å². The number of aromatic carboxylic acids is 1. The fourth-order valence-corrected chi connectivity index (χ4v) is 4.43. The highest BCUT2D eigenvalue weighted by atomic mass is 32.2. The van der Waals surface area contributed by atoms with Crippen LogP contribution >= 0.6 is 23.1 Å². The van der Waals surface area contributed by atoms with Gasteiger partial charge >= 0.3 is 5.97 Å². The second-order valence-corrected chi connectivity index (χ2v) is 7.42. The van der Waals surface area contributed by atoms with Crippen molar-refractivity contribution < 1.29 is 14.7 Å². The molecule has 0 radical (unpaired) electrons. The first-order chi connectivity index (χ1) is 8.89. The quantitative estimate of drug-likeness (QED) is 0.685. The number of rotatable bonds is 3. The number of oxime groups is 1. The number of fused-ring (bicyclic) bond motifs is 1. The summed E-state index contributed by atoms with van der Waals surface area (Å²) in [4.78, 5) is 16.8. The molecule has 19 heavy (non-hydrogen) atoms. The Labute approximate surface area is 120 Å². The Bertz CT molecular complexity index is 546. The lowest BCUT2D eigenvalue weighted by molar-refractivity contribution is 0.0700. The molecule has 1 aliphatic rings. The minimum atomic E-state index is -0.851. The van der Waals surface area contributed by atoms with Crippen molar-refractivity contribution in [3.05, 3.63) is 16.0 Å². The Morgan fingerprint density at radius 2 is 2.16 bits per heavy atom. The Morgan fingerprint density at radius 3 is 2.68 bits per heavy atom. The number of carbonyl (C=O) groups is 1. The monoisotopic (exact) mass is 299 g/mol. The average Bonchev–Trinajstić information content (AvgIpc) is 2.66. The highest BCUT2D eigenvalue weighted by Gasteiger charge is 2.36. The van der Waals surface area contributed by atoms with Crippen LogP contribution in [0.2, 0.25) is 0 Å². The van der Waals surface area contributed by atoms with E-state index in [0.717, 1.165) is 33.9 Å². The van der Waals surface area contributed by atoms with Crippen LogP contribution in [0.25, 0.3) is 0 Å². The van der Waals surface area contributed by atoms with E-state index in [1.807, 2.05) is 6.26 Å². The molecule has 0 fully saturated rings. The first-order valence-electron chi connectivity index (χ1n) is 5.93. The maximum absolute atomic E-state index is 11.4. The molecule has 0 atom stereocenters. The molecule has 1 aliphatic carbocycles. The molecule has 4 nitrogen and oxygen atoms in total. The summed E-state index contributed by atoms with van der Waals surface area (Å²) < 4.78 is 1.01. The Kier molecular flexibility index (Phi) is 3.92. The zero-order valence-electron chi connectivity index (χ0n) is 11.4. The van der Waals surface area contributed by atoms with Crippen LogP contribution in [0.5, 0.6) is 0 Å². The fourth-order valence-electron chi connectivity index (χ4n) is 2.49. The summed E-state index contributed by atoms with van der Waals surface area (Å²) in [6.07, 6.45) is 3.53. The third-order valence-electron chi connectivity index (χ3n) is 3.15. The van der Waals surface area contributed by atoms with E-state index in [4.69, 9.17) is 4.84 Å². The minimum absolute atomic E-state index is 0.00527. The van der Waals surface area contributed by atoms with Crippen molar-refractivity contribution in [2.45, 2.75) is 30.9 Å². The number of thioether (sulfide) groups is 1. The molecule has 0 saturated carbocycles. The van der Waals surface area contributed by atoms with Crippen LogP contribution in [0.4, 0.5) is 0 Å². The van der Waals surface area contributed by atoms with Crippen molar-refractivity contribution in [2.75, 3.05) is 13.4 Å². The second-order valence-electron chi connectivity index (χ2n) is 5.32. The number of hydrogen-bond acceptors (Lipinski definition) is 5. The van der Waals surface area contributed by atoms with Gasteiger partial charge in [0.15, 0.2) is 0 Å². The Hall–Kier alpha value is -1.01. The lowest BCUT2D eigenvalue weighted by Gasteiger charge is -2.30. The van der Waals surface area contributed by atoms with Gasteiger partial charge in [-0.2, -0.15) is 0 Å². The maximum atomic E-state index is 11.4. The maximum Gasteiger partial charge on any atom is 0.346 e. The summed E-state index contributed by atoms with van der Waals surface area (Å²) in [5.41, 5.74) is 2.76. The summed E-state index contributed by atoms with van der Waals surface area (Å²) in [6.45, 7) is 4.26. The van der Waals surface area contributed by atoms with E-state index < -0.39 is 5.97 Å². The van der Waals surface area contributed by atoms with Gasteiger partial charge in [0.2, 0.25) is 0 Å². The zero-order chi connectivity index (χ0) is 14.2. The molecule has 0 spiro atoms. The molecule has 0 aliphatic heterocycles. The predicted octanol–water partition coefficient (Wildman–Crippen LogP) is 3.49. The standard InChI is InChI=1S/C13H17NO3S2/c1-13(2)5-7-9(8(6-13)14-17-3)12(18-4)19-10(7)11(15)16/h5-6H2,1-4H3,(H,15,16)/b14-8+. The van der Waals surface area contributed by atoms with Crippen molar-refractivity contribution in [2.24, 2.45) is 10.6 Å². The highest BCUT2D eigenvalue weighted by Crippen LogP contribution is 2.44. The highest BCUT2D eigenvalue weighted by molar-refractivity contribution is 8.00. The SMILES string of the molecule is CO/N=C1\CC(C)(C)Cc2c(C(=O)O)sc(SC)c21. The van der Waals surface area contributed by atoms with Gasteiger partial charge in [0.25, 0.3) is 0 Å². The first kappa shape index (κ1) is 14.4. The molecule has 0 aromatic carbocycles. The number of nitrogens with zero attached hydrogens (tertiary/aromatic N) is 1. The molecule has 6 heteroatoms. The summed E-state index contributed by atoms with van der Waals surface area (Å²) in [7, 11) is 1.53. The molecule has 0 unspecified atom stereocenters. The van der Waals surface area contributed by atoms with Gasteiger partial charge in [0, 0.05) is 5.56 Å². The summed E-state index contributed by atoms with van der Waals surface area (Å²) in [5, 5.41) is 13.5. The Balaban J connectivity index is 2.67. The molecule has 0 bridgehead atoms. The van der Waals surface area contributed by atoms with Crippen LogP contribution in [0, 0.1) is 5.41 Å². The number of carboxylic acids is 1. The predicted molar refractivity (Wildman–Crippen MR) is 78.7 cm³/mol. The van der Waals surface area contributed by atoms with E-state index in [0.29, 0.717) is 4.88 Å². The van der Waals surface area contributed by atoms with E-state index in [-0.39, 0.29) is 5.41 Å². The molecule has 1 N–H and O–H groups in total. The van der Waals surface area contributed by atoms with Gasteiger partial charge < -0.3 is 9.94 Å². The van der Waals surface area contributed by atoms with Crippen LogP contribution in [-0.2, 0) is 11.3 Å². The van der Waals surface area contributed by atoms with Crippen LogP contribution in [0.1, 0.15) is 41.1 Å². The van der Waals surface area contributed by atoms with Gasteiger partial charge in [-0.3, -0.25) is 0 Å². The summed E-state index contributed by atoms with van der Waals surface area (Å²) in [6, 6.07) is 0. The van der Waals surface area contributed by atoms with Gasteiger partial charge in [-0.25, -0.2) is 4.79 Å². The molecular weight excluding hydrogens is 282 g/mol. The fraction of sp³-hybridized carbons (Fsp3) is 0.538. The van der Waals surface area contributed by atoms with E-state index >= 15 is 0 Å². The van der Waals surface area contributed by atoms with Crippen molar-refractivity contribution in [1.82, 2.24) is 0 Å². The molecule has 1 heterocycles. The summed E-state index contributed by atoms with van der Waals surface area (Å²) >= 11 is 2.91. The van der Waals surface area contributed by atoms with E-state index in [9.17, 15) is 9.90 Å². The topological polar surface area (TPSA) is 58.9 Å². The number of carboxylic acid groups (broad SMARTS) is 1. The summed E-state index contributed by atoms with van der Waals surface area (Å²) in [5.74, 6) is -0.851. The minimum Gasteiger partial charge on any atom is -0.477 e. The van der Waals surface area contributed by atoms with E-state index in [1.165, 1.54) is 18.4 Å². The normalized spacial score (nSPS) is 19.3. The van der Waals surface area contributed by atoms with Crippen molar-refractivity contribution >= 4 is 34.8 Å². The molecular formula is C13H17NO3S2. The molecule has 1 aromatic rings. The largest absolute Gasteiger partial charge is 0.477 e. The van der Waals surface area contributed by atoms with Gasteiger partial charge in [-0.15, -0.1) is 23.1 Å². The van der Waals surface area contributed by atoms with Crippen molar-refractivity contribution in [3.8, 4) is 0 Å². The Morgan fingerprint density at radius 1 is 1.47 bits per heavy atom. The first-order valence-corrected chi connectivity index (χ1v) is 7.97. The van der Waals surface area contributed by atoms with Crippen molar-refractivity contribution in [1.29, 1.82) is 0 Å². The van der Waals surface area contributed by atoms with Gasteiger partial charge in [0.1, 0.15) is 12.0 Å². The number of hydrogen-bond donors (Lipinski definition) is 1. The molecule has 104 valence electrons. The molecule has 2 rings (SSSR count). The lowest BCUT2D eigenvalue weighted by atomic mass is 9.74. The van der Waals surface area contributed by atoms with Crippen LogP contribution < -0.4 is 0 Å². The van der Waals surface area contributed by atoms with Crippen molar-refractivity contribution in [3.63, 3.8) is 0 Å². The molecule has 0 amide bonds. The average molecular weight is 299 g/mol. The van der Waals surface area contributed by atoms with Gasteiger partial charge in [0.05, 0.1) is 9.92 Å². The van der Waals surface area contributed by atoms with Gasteiger partial charge in [-0.05, 0) is 30.1 Å². The number of thiophene rings is 1.